The molecule has 0 N–H and O–H groups in total. The minimum atomic E-state index is 0.844. The summed E-state index contributed by atoms with van der Waals surface area (Å²) in [6.45, 7) is 0. The lowest BCUT2D eigenvalue weighted by molar-refractivity contribution is 0.669. The van der Waals surface area contributed by atoms with E-state index in [1.807, 2.05) is 12.1 Å². The van der Waals surface area contributed by atoms with Crippen LogP contribution < -0.4 is 4.90 Å². The number of hydrogen-bond donors (Lipinski definition) is 0. The topological polar surface area (TPSA) is 29.5 Å². The molecule has 0 bridgehead atoms. The van der Waals surface area contributed by atoms with E-state index in [0.717, 1.165) is 72.1 Å². The van der Waals surface area contributed by atoms with Gasteiger partial charge in [-0.3, -0.25) is 0 Å². The molecule has 0 saturated carbocycles. The first-order valence-electron chi connectivity index (χ1n) is 19.4. The molecule has 3 heteroatoms. The van der Waals surface area contributed by atoms with E-state index in [1.54, 1.807) is 0 Å². The van der Waals surface area contributed by atoms with Gasteiger partial charge < -0.3 is 13.7 Å². The Morgan fingerprint density at radius 3 is 1.74 bits per heavy atom. The van der Waals surface area contributed by atoms with E-state index in [2.05, 4.69) is 193 Å². The van der Waals surface area contributed by atoms with Crippen LogP contribution in [-0.4, -0.2) is 0 Å². The summed E-state index contributed by atoms with van der Waals surface area (Å²) in [5, 5.41) is 11.6. The van der Waals surface area contributed by atoms with Crippen molar-refractivity contribution >= 4 is 93.3 Å². The highest BCUT2D eigenvalue weighted by atomic mass is 16.3. The summed E-state index contributed by atoms with van der Waals surface area (Å²) in [4.78, 5) is 2.32. The molecular formula is C54H33NO2. The van der Waals surface area contributed by atoms with Crippen LogP contribution in [0.4, 0.5) is 17.1 Å². The van der Waals surface area contributed by atoms with Crippen molar-refractivity contribution in [3.05, 3.63) is 200 Å². The summed E-state index contributed by atoms with van der Waals surface area (Å²) in [5.74, 6) is 0. The van der Waals surface area contributed by atoms with Crippen molar-refractivity contribution in [2.45, 2.75) is 0 Å². The van der Waals surface area contributed by atoms with Crippen LogP contribution in [0, 0.1) is 0 Å². The molecule has 0 amide bonds. The van der Waals surface area contributed by atoms with Crippen LogP contribution in [0.2, 0.25) is 0 Å². The maximum Gasteiger partial charge on any atom is 0.159 e. The fourth-order valence-corrected chi connectivity index (χ4v) is 9.00. The van der Waals surface area contributed by atoms with Gasteiger partial charge >= 0.3 is 0 Å². The van der Waals surface area contributed by atoms with Gasteiger partial charge in [-0.1, -0.05) is 146 Å². The first-order chi connectivity index (χ1) is 28.3. The Morgan fingerprint density at radius 1 is 0.316 bits per heavy atom. The SMILES string of the molecule is c1ccc(-c2ccc(N(c3ccc4oc5c(-c6cc7ccccc7c7ccccc67)c6ccccc6cc5c4c3)c3cccc4c3oc3ccccc34)cc2)cc1. The lowest BCUT2D eigenvalue weighted by Gasteiger charge is -2.26. The third-order valence-electron chi connectivity index (χ3n) is 11.6. The lowest BCUT2D eigenvalue weighted by Crippen LogP contribution is -2.10. The Labute approximate surface area is 328 Å². The van der Waals surface area contributed by atoms with Gasteiger partial charge in [0.2, 0.25) is 0 Å². The Balaban J connectivity index is 1.12. The predicted molar refractivity (Wildman–Crippen MR) is 239 cm³/mol. The number of nitrogens with zero attached hydrogens (tertiary/aromatic N) is 1. The van der Waals surface area contributed by atoms with E-state index in [-0.39, 0.29) is 0 Å². The van der Waals surface area contributed by atoms with Crippen molar-refractivity contribution in [3.63, 3.8) is 0 Å². The second-order valence-corrected chi connectivity index (χ2v) is 14.8. The van der Waals surface area contributed by atoms with Gasteiger partial charge in [-0.05, 0) is 104 Å². The number of furan rings is 2. The number of anilines is 3. The van der Waals surface area contributed by atoms with Gasteiger partial charge in [-0.25, -0.2) is 0 Å². The Kier molecular flexibility index (Phi) is 6.93. The monoisotopic (exact) mass is 727 g/mol. The first kappa shape index (κ1) is 31.7. The van der Waals surface area contributed by atoms with Gasteiger partial charge in [0.15, 0.2) is 5.58 Å². The minimum Gasteiger partial charge on any atom is -0.455 e. The summed E-state index contributed by atoms with van der Waals surface area (Å²) < 4.78 is 13.7. The van der Waals surface area contributed by atoms with E-state index in [0.29, 0.717) is 0 Å². The average molecular weight is 728 g/mol. The second-order valence-electron chi connectivity index (χ2n) is 14.8. The molecule has 2 aromatic heterocycles. The Morgan fingerprint density at radius 2 is 0.912 bits per heavy atom. The molecule has 0 atom stereocenters. The third-order valence-corrected chi connectivity index (χ3v) is 11.6. The van der Waals surface area contributed by atoms with E-state index in [1.165, 1.54) is 43.4 Å². The molecular weight excluding hydrogens is 695 g/mol. The van der Waals surface area contributed by atoms with Gasteiger partial charge in [0.1, 0.15) is 16.7 Å². The molecule has 0 radical (unpaired) electrons. The molecule has 2 heterocycles. The molecule has 0 aliphatic heterocycles. The molecule has 57 heavy (non-hydrogen) atoms. The van der Waals surface area contributed by atoms with Gasteiger partial charge in [0.05, 0.1) is 5.69 Å². The van der Waals surface area contributed by atoms with Crippen molar-refractivity contribution in [2.24, 2.45) is 0 Å². The van der Waals surface area contributed by atoms with Crippen LogP contribution in [0.3, 0.4) is 0 Å². The molecule has 12 rings (SSSR count). The second kappa shape index (κ2) is 12.5. The maximum atomic E-state index is 6.99. The van der Waals surface area contributed by atoms with Gasteiger partial charge in [0.25, 0.3) is 0 Å². The molecule has 266 valence electrons. The maximum absolute atomic E-state index is 6.99. The van der Waals surface area contributed by atoms with Crippen molar-refractivity contribution in [2.75, 3.05) is 4.90 Å². The lowest BCUT2D eigenvalue weighted by atomic mass is 9.89. The van der Waals surface area contributed by atoms with Crippen molar-refractivity contribution in [3.8, 4) is 22.3 Å². The molecule has 0 fully saturated rings. The molecule has 0 unspecified atom stereocenters. The standard InChI is InChI=1S/C54H33NO2/c1-2-13-34(14-3-1)35-25-27-38(28-26-35)55(49-23-12-22-45-44-21-10-11-24-50(44)56-53(45)49)39-29-30-51-46(33-39)48-32-37-16-5-7-18-41(37)52(54(48)57-51)47-31-36-15-4-6-17-40(36)42-19-8-9-20-43(42)47/h1-33H. The predicted octanol–water partition coefficient (Wildman–Crippen LogP) is 15.7. The van der Waals surface area contributed by atoms with Gasteiger partial charge in [0, 0.05) is 38.5 Å². The molecule has 3 nitrogen and oxygen atoms in total. The fraction of sp³-hybridized carbons (Fsp3) is 0. The summed E-state index contributed by atoms with van der Waals surface area (Å²) in [6.07, 6.45) is 0. The van der Waals surface area contributed by atoms with E-state index >= 15 is 0 Å². The van der Waals surface area contributed by atoms with Crippen LogP contribution >= 0.6 is 0 Å². The number of rotatable bonds is 5. The Bertz CT molecular complexity index is 3520. The highest BCUT2D eigenvalue weighted by Crippen LogP contribution is 2.47. The summed E-state index contributed by atoms with van der Waals surface area (Å²) in [5.41, 5.74) is 11.1. The number of fused-ring (bicyclic) bond motifs is 10. The van der Waals surface area contributed by atoms with Crippen LogP contribution in [0.15, 0.2) is 209 Å². The zero-order valence-electron chi connectivity index (χ0n) is 30.8. The first-order valence-corrected chi connectivity index (χ1v) is 19.4. The van der Waals surface area contributed by atoms with E-state index < -0.39 is 0 Å². The molecule has 10 aromatic carbocycles. The van der Waals surface area contributed by atoms with Crippen molar-refractivity contribution in [1.29, 1.82) is 0 Å². The van der Waals surface area contributed by atoms with Crippen LogP contribution in [0.1, 0.15) is 0 Å². The molecule has 0 aliphatic rings. The van der Waals surface area contributed by atoms with Crippen LogP contribution in [0.5, 0.6) is 0 Å². The van der Waals surface area contributed by atoms with E-state index in [4.69, 9.17) is 8.83 Å². The molecule has 0 saturated heterocycles. The number of para-hydroxylation sites is 2. The number of benzene rings is 10. The van der Waals surface area contributed by atoms with Crippen molar-refractivity contribution < 1.29 is 8.83 Å². The zero-order valence-corrected chi connectivity index (χ0v) is 30.8. The molecule has 12 aromatic rings. The summed E-state index contributed by atoms with van der Waals surface area (Å²) in [6, 6.07) is 71.4. The normalized spacial score (nSPS) is 11.9. The average Bonchev–Trinajstić information content (AvgIpc) is 3.84. The summed E-state index contributed by atoms with van der Waals surface area (Å²) >= 11 is 0. The minimum absolute atomic E-state index is 0.844. The van der Waals surface area contributed by atoms with Gasteiger partial charge in [-0.15, -0.1) is 0 Å². The molecule has 0 spiro atoms. The van der Waals surface area contributed by atoms with Crippen molar-refractivity contribution in [1.82, 2.24) is 0 Å². The third kappa shape index (κ3) is 4.92. The Hall–Kier alpha value is -7.62. The van der Waals surface area contributed by atoms with Crippen LogP contribution in [-0.2, 0) is 0 Å². The largest absolute Gasteiger partial charge is 0.455 e. The quantitative estimate of drug-likeness (QED) is 0.165. The fourth-order valence-electron chi connectivity index (χ4n) is 9.00. The highest BCUT2D eigenvalue weighted by Gasteiger charge is 2.23. The summed E-state index contributed by atoms with van der Waals surface area (Å²) in [7, 11) is 0. The molecule has 0 aliphatic carbocycles. The zero-order chi connectivity index (χ0) is 37.5. The van der Waals surface area contributed by atoms with Crippen LogP contribution in [0.25, 0.3) is 98.4 Å². The highest BCUT2D eigenvalue weighted by molar-refractivity contribution is 6.24. The number of hydrogen-bond acceptors (Lipinski definition) is 3. The van der Waals surface area contributed by atoms with Gasteiger partial charge in [-0.2, -0.15) is 0 Å². The van der Waals surface area contributed by atoms with E-state index in [9.17, 15) is 0 Å². The smallest absolute Gasteiger partial charge is 0.159 e.